The van der Waals surface area contributed by atoms with Crippen molar-refractivity contribution in [3.63, 3.8) is 0 Å². The molecule has 0 spiro atoms. The number of rotatable bonds is 0. The SMILES string of the molecule is CC1=C(C)C2=C(C)C3=NC(=C(F)C4=NC(=C(F)C5=NC(=C(F)C1=N2)C(F)=C5F)C(F)=C4F)C(F)=C3C.[Zn]. The summed E-state index contributed by atoms with van der Waals surface area (Å²) in [6.07, 6.45) is 0. The molecule has 0 saturated heterocycles. The van der Waals surface area contributed by atoms with E-state index < -0.39 is 80.8 Å². The van der Waals surface area contributed by atoms with Crippen LogP contribution < -0.4 is 0 Å². The first kappa shape index (κ1) is 26.7. The minimum absolute atomic E-state index is 0. The van der Waals surface area contributed by atoms with Crippen molar-refractivity contribution in [2.45, 2.75) is 27.7 Å². The van der Waals surface area contributed by atoms with E-state index in [2.05, 4.69) is 20.0 Å². The predicted octanol–water partition coefficient (Wildman–Crippen LogP) is 7.51. The molecular weight excluding hydrogens is 562 g/mol. The molecule has 5 heterocycles. The van der Waals surface area contributed by atoms with Gasteiger partial charge in [0.15, 0.2) is 46.6 Å². The van der Waals surface area contributed by atoms with E-state index in [-0.39, 0.29) is 47.6 Å². The minimum atomic E-state index is -2.07. The van der Waals surface area contributed by atoms with Gasteiger partial charge in [-0.2, -0.15) is 0 Å². The number of hydrogen-bond acceptors (Lipinski definition) is 4. The van der Waals surface area contributed by atoms with Crippen LogP contribution in [0.5, 0.6) is 0 Å². The molecule has 186 valence electrons. The Balaban J connectivity index is 0.00000320. The van der Waals surface area contributed by atoms with Crippen molar-refractivity contribution in [1.82, 2.24) is 0 Å². The van der Waals surface area contributed by atoms with Gasteiger partial charge in [0, 0.05) is 30.6 Å². The Morgan fingerprint density at radius 3 is 1.19 bits per heavy atom. The maximum absolute atomic E-state index is 15.4. The Bertz CT molecular complexity index is 1380. The summed E-state index contributed by atoms with van der Waals surface area (Å²) in [5, 5.41) is 0. The molecule has 0 unspecified atom stereocenters. The molecule has 4 nitrogen and oxygen atoms in total. The smallest absolute Gasteiger partial charge is 0.189 e. The molecule has 5 aliphatic heterocycles. The number of nitrogens with zero attached hydrogens (tertiary/aromatic N) is 4. The average molecular weight is 574 g/mol. The third-order valence-electron chi connectivity index (χ3n) is 6.23. The van der Waals surface area contributed by atoms with Crippen molar-refractivity contribution >= 4 is 22.8 Å². The summed E-state index contributed by atoms with van der Waals surface area (Å²) >= 11 is 0. The molecule has 0 aromatic heterocycles. The summed E-state index contributed by atoms with van der Waals surface area (Å²) in [4.78, 5) is 14.4. The van der Waals surface area contributed by atoms with Crippen LogP contribution in [0.2, 0.25) is 0 Å². The summed E-state index contributed by atoms with van der Waals surface area (Å²) in [5.41, 5.74) is -6.86. The molecule has 0 aliphatic carbocycles. The number of fused-ring (bicyclic) bond motifs is 4. The average Bonchev–Trinajstić information content (AvgIpc) is 3.52. The quantitative estimate of drug-likeness (QED) is 0.213. The summed E-state index contributed by atoms with van der Waals surface area (Å²) in [7, 11) is 0. The first-order valence-corrected chi connectivity index (χ1v) is 10.3. The van der Waals surface area contributed by atoms with Crippen LogP contribution in [0.4, 0.5) is 35.1 Å². The largest absolute Gasteiger partial charge is 0.245 e. The monoisotopic (exact) mass is 572 g/mol. The van der Waals surface area contributed by atoms with E-state index >= 15 is 13.2 Å². The molecule has 37 heavy (non-hydrogen) atoms. The van der Waals surface area contributed by atoms with Crippen LogP contribution >= 0.6 is 0 Å². The van der Waals surface area contributed by atoms with Gasteiger partial charge < -0.3 is 0 Å². The van der Waals surface area contributed by atoms with Gasteiger partial charge in [-0.1, -0.05) is 0 Å². The summed E-state index contributed by atoms with van der Waals surface area (Å²) < 4.78 is 119. The van der Waals surface area contributed by atoms with Gasteiger partial charge in [-0.3, -0.25) is 0 Å². The molecule has 13 heteroatoms. The Morgan fingerprint density at radius 2 is 0.703 bits per heavy atom. The third-order valence-corrected chi connectivity index (χ3v) is 6.23. The van der Waals surface area contributed by atoms with Gasteiger partial charge in [-0.25, -0.2) is 55.1 Å². The van der Waals surface area contributed by atoms with E-state index in [4.69, 9.17) is 0 Å². The molecule has 5 aliphatic rings. The first-order chi connectivity index (χ1) is 16.9. The topological polar surface area (TPSA) is 49.4 Å². The number of aliphatic imine (C=N–C) groups is 4. The van der Waals surface area contributed by atoms with Crippen LogP contribution in [-0.2, 0) is 19.5 Å². The summed E-state index contributed by atoms with van der Waals surface area (Å²) in [6.45, 7) is 5.62. The molecule has 0 radical (unpaired) electrons. The van der Waals surface area contributed by atoms with E-state index in [9.17, 15) is 22.0 Å². The van der Waals surface area contributed by atoms with Crippen LogP contribution in [0.1, 0.15) is 27.7 Å². The fraction of sp³-hybridized carbons (Fsp3) is 0.167. The van der Waals surface area contributed by atoms with Crippen LogP contribution in [-0.4, -0.2) is 22.8 Å². The van der Waals surface area contributed by atoms with Gasteiger partial charge in [0.1, 0.15) is 34.2 Å². The Morgan fingerprint density at radius 1 is 0.324 bits per heavy atom. The van der Waals surface area contributed by atoms with Gasteiger partial charge in [0.05, 0.1) is 11.4 Å². The van der Waals surface area contributed by atoms with Crippen LogP contribution in [0.25, 0.3) is 0 Å². The molecular formula is C24H12F8N4Zn. The number of halogens is 8. The second-order valence-corrected chi connectivity index (χ2v) is 8.25. The van der Waals surface area contributed by atoms with Gasteiger partial charge in [0.25, 0.3) is 0 Å². The van der Waals surface area contributed by atoms with E-state index in [1.807, 2.05) is 0 Å². The fourth-order valence-electron chi connectivity index (χ4n) is 4.12. The van der Waals surface area contributed by atoms with Gasteiger partial charge >= 0.3 is 0 Å². The molecule has 8 bridgehead atoms. The van der Waals surface area contributed by atoms with Crippen molar-refractivity contribution in [2.75, 3.05) is 0 Å². The summed E-state index contributed by atoms with van der Waals surface area (Å²) in [6, 6.07) is 0. The molecule has 0 fully saturated rings. The molecule has 0 aromatic carbocycles. The van der Waals surface area contributed by atoms with Crippen molar-refractivity contribution < 1.29 is 54.6 Å². The van der Waals surface area contributed by atoms with E-state index in [0.717, 1.165) is 0 Å². The maximum atomic E-state index is 15.4. The van der Waals surface area contributed by atoms with Gasteiger partial charge in [-0.15, -0.1) is 0 Å². The Hall–Kier alpha value is -3.34. The molecule has 0 amide bonds. The molecule has 0 N–H and O–H groups in total. The zero-order valence-corrected chi connectivity index (χ0v) is 22.5. The molecule has 0 aromatic rings. The molecule has 0 atom stereocenters. The van der Waals surface area contributed by atoms with Gasteiger partial charge in [0.2, 0.25) is 0 Å². The van der Waals surface area contributed by atoms with Crippen molar-refractivity contribution in [3.8, 4) is 0 Å². The second-order valence-electron chi connectivity index (χ2n) is 8.25. The maximum Gasteiger partial charge on any atom is 0.189 e. The first-order valence-electron chi connectivity index (χ1n) is 10.3. The van der Waals surface area contributed by atoms with Crippen molar-refractivity contribution in [3.05, 3.63) is 91.7 Å². The van der Waals surface area contributed by atoms with Crippen LogP contribution in [0.3, 0.4) is 0 Å². The van der Waals surface area contributed by atoms with E-state index in [1.54, 1.807) is 0 Å². The second kappa shape index (κ2) is 8.90. The van der Waals surface area contributed by atoms with Crippen molar-refractivity contribution in [1.29, 1.82) is 0 Å². The van der Waals surface area contributed by atoms with Crippen molar-refractivity contribution in [2.24, 2.45) is 20.0 Å². The number of allylic oxidation sites excluding steroid dienone is 12. The number of hydrogen-bond donors (Lipinski definition) is 0. The van der Waals surface area contributed by atoms with E-state index in [1.165, 1.54) is 27.7 Å². The predicted molar refractivity (Wildman–Crippen MR) is 118 cm³/mol. The Labute approximate surface area is 216 Å². The normalized spacial score (nSPS) is 22.2. The van der Waals surface area contributed by atoms with Crippen LogP contribution in [0.15, 0.2) is 112 Å². The minimum Gasteiger partial charge on any atom is -0.245 e. The zero-order valence-electron chi connectivity index (χ0n) is 19.5. The Kier molecular flexibility index (Phi) is 6.43. The summed E-state index contributed by atoms with van der Waals surface area (Å²) in [5.74, 6) is -14.5. The zero-order chi connectivity index (χ0) is 26.4. The van der Waals surface area contributed by atoms with Crippen LogP contribution in [0, 0.1) is 0 Å². The standard InChI is InChI=1S/C24H12F8N4.Zn/c1-5-6(2)19-14(30)21-10(26)11(27)23(35-21)16(32)24-13(29)12(28)22(36-24)15(31)20-9(25)7(3)18(34-20)8(4)17(5)33-19;/h1-4H3;. The van der Waals surface area contributed by atoms with E-state index in [0.29, 0.717) is 5.57 Å². The third kappa shape index (κ3) is 3.58. The molecule has 0 saturated carbocycles. The van der Waals surface area contributed by atoms with Gasteiger partial charge in [-0.05, 0) is 38.8 Å². The fourth-order valence-corrected chi connectivity index (χ4v) is 4.12. The molecule has 5 rings (SSSR count).